The predicted octanol–water partition coefficient (Wildman–Crippen LogP) is 19.8. The highest BCUT2D eigenvalue weighted by atomic mass is 15.0. The number of aryl methyl sites for hydroxylation is 5. The molecular weight excluding hydrogens is 933 g/mol. The van der Waals surface area contributed by atoms with Crippen LogP contribution in [0.15, 0.2) is 224 Å². The van der Waals surface area contributed by atoms with E-state index in [0.29, 0.717) is 11.3 Å². The summed E-state index contributed by atoms with van der Waals surface area (Å²) in [4.78, 5) is 4.08. The van der Waals surface area contributed by atoms with E-state index in [1.165, 1.54) is 44.5 Å². The molecule has 0 aliphatic rings. The van der Waals surface area contributed by atoms with Crippen LogP contribution >= 0.6 is 0 Å². The van der Waals surface area contributed by atoms with E-state index < -0.39 is 0 Å². The summed E-state index contributed by atoms with van der Waals surface area (Å²) in [6.07, 6.45) is 0. The van der Waals surface area contributed by atoms with Crippen LogP contribution in [-0.2, 0) is 0 Å². The highest BCUT2D eigenvalue weighted by Gasteiger charge is 2.24. The van der Waals surface area contributed by atoms with Crippen LogP contribution in [0.4, 0.5) is 5.69 Å². The summed E-state index contributed by atoms with van der Waals surface area (Å²) >= 11 is 0. The molecule has 0 N–H and O–H groups in total. The molecule has 0 amide bonds. The standard InChI is InChI=1S/C73H52N4/c1-45-11-7-15-51(33-45)55-21-29-68-64(38-55)65-39-56(52-16-8-12-46(2)34-52)22-30-69(65)76(68)72-42-59(61-26-19-50(44-74)37-49(61)5)20-27-62(72)63-28-25-60(75-6)43-73(63)77-70-31-23-57(53-17-9-13-47(3)35-53)40-66(70)67-41-58(24-32-71(67)77)54-18-10-14-48(4)36-54/h7-43H,1-5H3. The van der Waals surface area contributed by atoms with Gasteiger partial charge in [-0.15, -0.1) is 0 Å². The van der Waals surface area contributed by atoms with Crippen molar-refractivity contribution in [3.63, 3.8) is 0 Å². The Labute approximate surface area is 449 Å². The van der Waals surface area contributed by atoms with E-state index in [9.17, 15) is 5.26 Å². The summed E-state index contributed by atoms with van der Waals surface area (Å²) in [5, 5.41) is 14.5. The molecule has 0 aliphatic heterocycles. The van der Waals surface area contributed by atoms with Gasteiger partial charge in [0.2, 0.25) is 0 Å². The van der Waals surface area contributed by atoms with Gasteiger partial charge in [-0.3, -0.25) is 0 Å². The fourth-order valence-corrected chi connectivity index (χ4v) is 11.8. The molecule has 364 valence electrons. The fourth-order valence-electron chi connectivity index (χ4n) is 11.8. The molecule has 11 aromatic carbocycles. The van der Waals surface area contributed by atoms with E-state index >= 15 is 0 Å². The average Bonchev–Trinajstić information content (AvgIpc) is 4.07. The maximum atomic E-state index is 9.92. The van der Waals surface area contributed by atoms with Crippen LogP contribution in [0.2, 0.25) is 0 Å². The summed E-state index contributed by atoms with van der Waals surface area (Å²) < 4.78 is 4.83. The molecule has 13 aromatic rings. The lowest BCUT2D eigenvalue weighted by Gasteiger charge is -2.21. The van der Waals surface area contributed by atoms with Gasteiger partial charge in [0, 0.05) is 38.4 Å². The maximum Gasteiger partial charge on any atom is 0.189 e. The smallest absolute Gasteiger partial charge is 0.189 e. The van der Waals surface area contributed by atoms with Gasteiger partial charge >= 0.3 is 0 Å². The first-order valence-electron chi connectivity index (χ1n) is 26.2. The number of rotatable bonds is 8. The van der Waals surface area contributed by atoms with Gasteiger partial charge in [-0.05, 0) is 169 Å². The zero-order valence-electron chi connectivity index (χ0n) is 43.7. The van der Waals surface area contributed by atoms with E-state index in [4.69, 9.17) is 6.57 Å². The fraction of sp³-hybridized carbons (Fsp3) is 0.0685. The molecule has 0 spiro atoms. The van der Waals surface area contributed by atoms with Gasteiger partial charge in [0.1, 0.15) is 0 Å². The molecule has 13 rings (SSSR count). The largest absolute Gasteiger partial charge is 0.310 e. The highest BCUT2D eigenvalue weighted by Crippen LogP contribution is 2.46. The van der Waals surface area contributed by atoms with Gasteiger partial charge in [-0.2, -0.15) is 5.26 Å². The van der Waals surface area contributed by atoms with Gasteiger partial charge in [0.15, 0.2) is 5.69 Å². The lowest BCUT2D eigenvalue weighted by atomic mass is 9.93. The number of fused-ring (bicyclic) bond motifs is 6. The van der Waals surface area contributed by atoms with Crippen LogP contribution in [0.1, 0.15) is 33.4 Å². The molecule has 0 radical (unpaired) electrons. The Morgan fingerprint density at radius 1 is 0.338 bits per heavy atom. The second-order valence-corrected chi connectivity index (χ2v) is 20.8. The Morgan fingerprint density at radius 3 is 1.05 bits per heavy atom. The van der Waals surface area contributed by atoms with Crippen molar-refractivity contribution in [3.8, 4) is 84.2 Å². The van der Waals surface area contributed by atoms with Crippen LogP contribution in [0.3, 0.4) is 0 Å². The first-order chi connectivity index (χ1) is 37.6. The molecule has 0 unspecified atom stereocenters. The van der Waals surface area contributed by atoms with Crippen molar-refractivity contribution in [1.29, 1.82) is 5.26 Å². The number of benzene rings is 11. The van der Waals surface area contributed by atoms with Crippen molar-refractivity contribution in [2.24, 2.45) is 0 Å². The maximum absolute atomic E-state index is 9.92. The number of hydrogen-bond acceptors (Lipinski definition) is 1. The van der Waals surface area contributed by atoms with Crippen LogP contribution in [0, 0.1) is 52.5 Å². The molecule has 2 aromatic heterocycles. The van der Waals surface area contributed by atoms with Crippen molar-refractivity contribution >= 4 is 49.3 Å². The summed E-state index contributed by atoms with van der Waals surface area (Å²) in [6, 6.07) is 83.7. The van der Waals surface area contributed by atoms with Gasteiger partial charge in [0.25, 0.3) is 0 Å². The summed E-state index contributed by atoms with van der Waals surface area (Å²) in [6.45, 7) is 19.1. The lowest BCUT2D eigenvalue weighted by molar-refractivity contribution is 1.16. The molecule has 0 saturated heterocycles. The second-order valence-electron chi connectivity index (χ2n) is 20.8. The quantitative estimate of drug-likeness (QED) is 0.140. The van der Waals surface area contributed by atoms with Crippen LogP contribution in [0.25, 0.3) is 127 Å². The minimum atomic E-state index is 0.558. The summed E-state index contributed by atoms with van der Waals surface area (Å²) in [7, 11) is 0. The third kappa shape index (κ3) is 8.25. The van der Waals surface area contributed by atoms with Gasteiger partial charge < -0.3 is 9.13 Å². The molecule has 0 bridgehead atoms. The van der Waals surface area contributed by atoms with E-state index in [1.54, 1.807) is 0 Å². The van der Waals surface area contributed by atoms with Crippen molar-refractivity contribution < 1.29 is 0 Å². The average molecular weight is 985 g/mol. The topological polar surface area (TPSA) is 38.0 Å². The van der Waals surface area contributed by atoms with E-state index in [2.05, 4.69) is 261 Å². The third-order valence-corrected chi connectivity index (χ3v) is 15.5. The molecule has 0 atom stereocenters. The van der Waals surface area contributed by atoms with E-state index in [1.807, 2.05) is 18.2 Å². The monoisotopic (exact) mass is 984 g/mol. The zero-order chi connectivity index (χ0) is 52.5. The first kappa shape index (κ1) is 46.8. The summed E-state index contributed by atoms with van der Waals surface area (Å²) in [5.41, 5.74) is 26.6. The number of hydrogen-bond donors (Lipinski definition) is 0. The van der Waals surface area contributed by atoms with Crippen molar-refractivity contribution in [2.75, 3.05) is 0 Å². The Bertz CT molecular complexity index is 4450. The van der Waals surface area contributed by atoms with Gasteiger partial charge in [-0.25, -0.2) is 4.85 Å². The SMILES string of the molecule is [C-]#[N+]c1ccc(-c2ccc(-c3ccc(C#N)cc3C)cc2-n2c3ccc(-c4cccc(C)c4)cc3c3cc(-c4cccc(C)c4)ccc32)c(-n2c3ccc(-c4cccc(C)c4)cc3c3cc(-c4cccc(C)c4)ccc32)c1. The van der Waals surface area contributed by atoms with Crippen molar-refractivity contribution in [1.82, 2.24) is 9.13 Å². The predicted molar refractivity (Wildman–Crippen MR) is 322 cm³/mol. The normalized spacial score (nSPS) is 11.4. The zero-order valence-corrected chi connectivity index (χ0v) is 43.7. The van der Waals surface area contributed by atoms with Crippen molar-refractivity contribution in [2.45, 2.75) is 34.6 Å². The molecule has 77 heavy (non-hydrogen) atoms. The van der Waals surface area contributed by atoms with E-state index in [-0.39, 0.29) is 0 Å². The molecule has 0 saturated carbocycles. The Morgan fingerprint density at radius 2 is 0.688 bits per heavy atom. The number of nitrogens with zero attached hydrogens (tertiary/aromatic N) is 4. The Kier molecular flexibility index (Phi) is 11.4. The number of aromatic nitrogens is 2. The molecule has 4 heteroatoms. The van der Waals surface area contributed by atoms with Crippen LogP contribution in [-0.4, -0.2) is 9.13 Å². The Balaban J connectivity index is 1.12. The molecule has 4 nitrogen and oxygen atoms in total. The molecular formula is C73H52N4. The van der Waals surface area contributed by atoms with Crippen LogP contribution < -0.4 is 0 Å². The molecule has 0 aliphatic carbocycles. The lowest BCUT2D eigenvalue weighted by Crippen LogP contribution is -2.02. The van der Waals surface area contributed by atoms with E-state index in [0.717, 1.165) is 105 Å². The van der Waals surface area contributed by atoms with Gasteiger partial charge in [-0.1, -0.05) is 174 Å². The van der Waals surface area contributed by atoms with Gasteiger partial charge in [0.05, 0.1) is 46.0 Å². The molecule has 2 heterocycles. The first-order valence-corrected chi connectivity index (χ1v) is 26.2. The Hall–Kier alpha value is -10.0. The third-order valence-electron chi connectivity index (χ3n) is 15.5. The van der Waals surface area contributed by atoms with Crippen LogP contribution in [0.5, 0.6) is 0 Å². The number of nitriles is 1. The minimum Gasteiger partial charge on any atom is -0.310 e. The highest BCUT2D eigenvalue weighted by molar-refractivity contribution is 6.14. The second kappa shape index (κ2) is 18.7. The minimum absolute atomic E-state index is 0.558. The summed E-state index contributed by atoms with van der Waals surface area (Å²) in [5.74, 6) is 0. The molecule has 0 fully saturated rings. The van der Waals surface area contributed by atoms with Crippen molar-refractivity contribution in [3.05, 3.63) is 269 Å².